The van der Waals surface area contributed by atoms with E-state index < -0.39 is 12.0 Å². The van der Waals surface area contributed by atoms with Crippen LogP contribution in [-0.2, 0) is 4.79 Å². The second-order valence-electron chi connectivity index (χ2n) is 10.4. The normalized spacial score (nSPS) is 17.3. The van der Waals surface area contributed by atoms with Gasteiger partial charge in [0.1, 0.15) is 6.04 Å². The number of aliphatic imine (C=N–C) groups is 1. The first-order chi connectivity index (χ1) is 15.3. The Morgan fingerprint density at radius 1 is 1.06 bits per heavy atom. The monoisotopic (exact) mass is 466 g/mol. The predicted molar refractivity (Wildman–Crippen MR) is 142 cm³/mol. The van der Waals surface area contributed by atoms with Gasteiger partial charge in [-0.3, -0.25) is 4.99 Å². The van der Waals surface area contributed by atoms with Crippen LogP contribution in [0.4, 0.5) is 0 Å². The summed E-state index contributed by atoms with van der Waals surface area (Å²) in [4.78, 5) is 15.8. The number of thioether (sulfide) groups is 1. The van der Waals surface area contributed by atoms with Gasteiger partial charge in [0.25, 0.3) is 0 Å². The van der Waals surface area contributed by atoms with Crippen molar-refractivity contribution in [1.82, 2.24) is 5.32 Å². The van der Waals surface area contributed by atoms with Crippen molar-refractivity contribution in [1.29, 1.82) is 0 Å². The standard InChI is InChI=1S/C27H50N2O2S/c1-21(2)10-6-11-22(3)12-7-13-23(4)14-8-15-24(5)17-19-32-20-25(27(30)31)29-26-16-9-18-28-26/h17,21-23,25H,6-16,18-20H2,1-5H3,(H,28,29)(H,30,31). The van der Waals surface area contributed by atoms with E-state index in [-0.39, 0.29) is 0 Å². The molecule has 0 aromatic carbocycles. The van der Waals surface area contributed by atoms with Gasteiger partial charge in [0.15, 0.2) is 0 Å². The molecule has 0 saturated carbocycles. The highest BCUT2D eigenvalue weighted by Crippen LogP contribution is 2.22. The van der Waals surface area contributed by atoms with E-state index in [1.165, 1.54) is 56.9 Å². The van der Waals surface area contributed by atoms with Crippen LogP contribution in [0.3, 0.4) is 0 Å². The molecule has 1 aliphatic rings. The molecule has 0 aliphatic carbocycles. The van der Waals surface area contributed by atoms with E-state index >= 15 is 0 Å². The maximum atomic E-state index is 11.5. The summed E-state index contributed by atoms with van der Waals surface area (Å²) in [5, 5.41) is 12.5. The van der Waals surface area contributed by atoms with Gasteiger partial charge in [-0.1, -0.05) is 84.3 Å². The smallest absolute Gasteiger partial charge is 0.327 e. The van der Waals surface area contributed by atoms with Crippen molar-refractivity contribution in [2.45, 2.75) is 111 Å². The van der Waals surface area contributed by atoms with Crippen LogP contribution in [0.5, 0.6) is 0 Å². The Morgan fingerprint density at radius 2 is 1.69 bits per heavy atom. The van der Waals surface area contributed by atoms with Gasteiger partial charge in [0.2, 0.25) is 0 Å². The van der Waals surface area contributed by atoms with Crippen LogP contribution in [-0.4, -0.2) is 41.0 Å². The fourth-order valence-corrected chi connectivity index (χ4v) is 5.23. The van der Waals surface area contributed by atoms with Crippen molar-refractivity contribution >= 4 is 23.6 Å². The van der Waals surface area contributed by atoms with Crippen LogP contribution in [0.25, 0.3) is 0 Å². The molecule has 0 bridgehead atoms. The molecule has 1 aliphatic heterocycles. The van der Waals surface area contributed by atoms with Crippen LogP contribution >= 0.6 is 11.8 Å². The zero-order valence-corrected chi connectivity index (χ0v) is 22.3. The second kappa shape index (κ2) is 17.5. The topological polar surface area (TPSA) is 61.7 Å². The first-order valence-electron chi connectivity index (χ1n) is 13.0. The SMILES string of the molecule is CC(=CCSCC(NC1=NCCC1)C(=O)O)CCCC(C)CCCC(C)CCCC(C)C. The number of allylic oxidation sites excluding steroid dienone is 1. The Morgan fingerprint density at radius 3 is 2.25 bits per heavy atom. The van der Waals surface area contributed by atoms with Crippen LogP contribution < -0.4 is 5.32 Å². The van der Waals surface area contributed by atoms with Crippen molar-refractivity contribution in [3.05, 3.63) is 11.6 Å². The quantitative estimate of drug-likeness (QED) is 0.164. The molecular formula is C27H50N2O2S. The molecular weight excluding hydrogens is 416 g/mol. The minimum absolute atomic E-state index is 0.538. The number of amidine groups is 1. The lowest BCUT2D eigenvalue weighted by molar-refractivity contribution is -0.138. The lowest BCUT2D eigenvalue weighted by Crippen LogP contribution is -2.42. The van der Waals surface area contributed by atoms with Gasteiger partial charge in [-0.2, -0.15) is 11.8 Å². The third kappa shape index (κ3) is 15.0. The van der Waals surface area contributed by atoms with Crippen molar-refractivity contribution in [3.63, 3.8) is 0 Å². The Balaban J connectivity index is 2.09. The van der Waals surface area contributed by atoms with E-state index in [9.17, 15) is 9.90 Å². The maximum absolute atomic E-state index is 11.5. The molecule has 0 aromatic rings. The van der Waals surface area contributed by atoms with E-state index in [0.29, 0.717) is 5.75 Å². The van der Waals surface area contributed by atoms with Crippen molar-refractivity contribution in [2.24, 2.45) is 22.7 Å². The number of carbonyl (C=O) groups is 1. The third-order valence-electron chi connectivity index (χ3n) is 6.49. The first kappa shape index (κ1) is 29.1. The number of aliphatic carboxylic acids is 1. The summed E-state index contributed by atoms with van der Waals surface area (Å²) < 4.78 is 0. The van der Waals surface area contributed by atoms with Crippen LogP contribution in [0.15, 0.2) is 16.6 Å². The van der Waals surface area contributed by atoms with E-state index in [1.54, 1.807) is 11.8 Å². The Hall–Kier alpha value is -0.970. The zero-order chi connectivity index (χ0) is 23.8. The number of carboxylic acids is 1. The molecule has 186 valence electrons. The summed E-state index contributed by atoms with van der Waals surface area (Å²) in [6.07, 6.45) is 16.2. The predicted octanol–water partition coefficient (Wildman–Crippen LogP) is 7.34. The highest BCUT2D eigenvalue weighted by atomic mass is 32.2. The fourth-order valence-electron chi connectivity index (χ4n) is 4.23. The highest BCUT2D eigenvalue weighted by molar-refractivity contribution is 7.99. The molecule has 1 rings (SSSR count). The first-order valence-corrected chi connectivity index (χ1v) is 14.2. The number of nitrogens with zero attached hydrogens (tertiary/aromatic N) is 1. The molecule has 0 radical (unpaired) electrons. The van der Waals surface area contributed by atoms with Gasteiger partial charge < -0.3 is 10.4 Å². The molecule has 0 saturated heterocycles. The van der Waals surface area contributed by atoms with E-state index in [2.05, 4.69) is 51.0 Å². The van der Waals surface area contributed by atoms with Gasteiger partial charge in [-0.15, -0.1) is 0 Å². The molecule has 2 N–H and O–H groups in total. The molecule has 0 spiro atoms. The molecule has 3 atom stereocenters. The van der Waals surface area contributed by atoms with Crippen LogP contribution in [0, 0.1) is 17.8 Å². The lowest BCUT2D eigenvalue weighted by atomic mass is 9.91. The van der Waals surface area contributed by atoms with Gasteiger partial charge in [0.05, 0.1) is 5.84 Å². The fraction of sp³-hybridized carbons (Fsp3) is 0.852. The molecule has 4 nitrogen and oxygen atoms in total. The number of hydrogen-bond donors (Lipinski definition) is 2. The van der Waals surface area contributed by atoms with Crippen molar-refractivity contribution in [2.75, 3.05) is 18.1 Å². The average molecular weight is 467 g/mol. The van der Waals surface area contributed by atoms with Crippen LogP contribution in [0.2, 0.25) is 0 Å². The van der Waals surface area contributed by atoms with Crippen molar-refractivity contribution in [3.8, 4) is 0 Å². The molecule has 0 amide bonds. The number of hydrogen-bond acceptors (Lipinski definition) is 4. The maximum Gasteiger partial charge on any atom is 0.327 e. The molecule has 0 fully saturated rings. The molecule has 1 heterocycles. The Kier molecular flexibility index (Phi) is 15.9. The van der Waals surface area contributed by atoms with E-state index in [1.807, 2.05) is 0 Å². The minimum atomic E-state index is -0.785. The zero-order valence-electron chi connectivity index (χ0n) is 21.5. The molecule has 0 aromatic heterocycles. The van der Waals surface area contributed by atoms with E-state index in [0.717, 1.165) is 55.1 Å². The number of carboxylic acid groups (broad SMARTS) is 1. The summed E-state index contributed by atoms with van der Waals surface area (Å²) in [6.45, 7) is 12.5. The number of rotatable bonds is 18. The lowest BCUT2D eigenvalue weighted by Gasteiger charge is -2.15. The van der Waals surface area contributed by atoms with Crippen molar-refractivity contribution < 1.29 is 9.90 Å². The highest BCUT2D eigenvalue weighted by Gasteiger charge is 2.19. The summed E-state index contributed by atoms with van der Waals surface area (Å²) in [5.41, 5.74) is 1.43. The molecule has 5 heteroatoms. The van der Waals surface area contributed by atoms with Gasteiger partial charge in [-0.25, -0.2) is 4.79 Å². The largest absolute Gasteiger partial charge is 0.480 e. The van der Waals surface area contributed by atoms with Gasteiger partial charge in [-0.05, 0) is 43.9 Å². The van der Waals surface area contributed by atoms with Crippen LogP contribution in [0.1, 0.15) is 105 Å². The summed E-state index contributed by atoms with van der Waals surface area (Å²) in [7, 11) is 0. The summed E-state index contributed by atoms with van der Waals surface area (Å²) in [6, 6.07) is -0.538. The third-order valence-corrected chi connectivity index (χ3v) is 7.46. The average Bonchev–Trinajstić information content (AvgIpc) is 3.23. The Bertz CT molecular complexity index is 574. The molecule has 32 heavy (non-hydrogen) atoms. The van der Waals surface area contributed by atoms with E-state index in [4.69, 9.17) is 0 Å². The van der Waals surface area contributed by atoms with Gasteiger partial charge >= 0.3 is 5.97 Å². The minimum Gasteiger partial charge on any atom is -0.480 e. The number of nitrogens with one attached hydrogen (secondary N) is 1. The summed E-state index contributed by atoms with van der Waals surface area (Å²) in [5.74, 6) is 4.07. The second-order valence-corrected chi connectivity index (χ2v) is 11.5. The molecule has 3 unspecified atom stereocenters. The summed E-state index contributed by atoms with van der Waals surface area (Å²) >= 11 is 1.69. The Labute approximate surface area is 202 Å². The van der Waals surface area contributed by atoms with Gasteiger partial charge in [0, 0.05) is 24.5 Å².